The molecule has 0 saturated carbocycles. The maximum atomic E-state index is 6.36. The van der Waals surface area contributed by atoms with Crippen molar-refractivity contribution in [3.05, 3.63) is 33.8 Å². The van der Waals surface area contributed by atoms with E-state index in [0.717, 1.165) is 54.6 Å². The van der Waals surface area contributed by atoms with Gasteiger partial charge >= 0.3 is 0 Å². The standard InChI is InChI=1S/C15H21Cl2NO/c1-2-8-18-15(11-5-4-9-19-10-11)14-12(16)6-3-7-13(14)17/h3,6-7,11,15,18H,2,4-5,8-10H2,1H3. The summed E-state index contributed by atoms with van der Waals surface area (Å²) in [6, 6.07) is 5.89. The van der Waals surface area contributed by atoms with Crippen molar-refractivity contribution in [3.8, 4) is 0 Å². The Balaban J connectivity index is 2.25. The second-order valence-electron chi connectivity index (χ2n) is 5.04. The van der Waals surface area contributed by atoms with Crippen LogP contribution in [0, 0.1) is 5.92 Å². The number of hydrogen-bond acceptors (Lipinski definition) is 2. The molecule has 0 spiro atoms. The lowest BCUT2D eigenvalue weighted by Gasteiger charge is -2.32. The van der Waals surface area contributed by atoms with Gasteiger partial charge in [-0.3, -0.25) is 0 Å². The zero-order valence-electron chi connectivity index (χ0n) is 11.3. The Hall–Kier alpha value is -0.280. The molecule has 2 nitrogen and oxygen atoms in total. The van der Waals surface area contributed by atoms with E-state index in [1.165, 1.54) is 0 Å². The monoisotopic (exact) mass is 301 g/mol. The van der Waals surface area contributed by atoms with E-state index in [-0.39, 0.29) is 6.04 Å². The minimum absolute atomic E-state index is 0.182. The van der Waals surface area contributed by atoms with Gasteiger partial charge in [-0.05, 0) is 37.9 Å². The van der Waals surface area contributed by atoms with Crippen molar-refractivity contribution in [1.82, 2.24) is 5.32 Å². The lowest BCUT2D eigenvalue weighted by molar-refractivity contribution is 0.0391. The molecular weight excluding hydrogens is 281 g/mol. The molecular formula is C15H21Cl2NO. The maximum absolute atomic E-state index is 6.36. The van der Waals surface area contributed by atoms with Crippen LogP contribution in [0.25, 0.3) is 0 Å². The Bertz CT molecular complexity index is 385. The molecule has 0 radical (unpaired) electrons. The lowest BCUT2D eigenvalue weighted by Crippen LogP contribution is -2.34. The van der Waals surface area contributed by atoms with Crippen molar-refractivity contribution in [2.45, 2.75) is 32.2 Å². The third kappa shape index (κ3) is 3.85. The zero-order valence-corrected chi connectivity index (χ0v) is 12.8. The fourth-order valence-corrected chi connectivity index (χ4v) is 3.27. The molecule has 2 rings (SSSR count). The van der Waals surface area contributed by atoms with Crippen molar-refractivity contribution < 1.29 is 4.74 Å². The van der Waals surface area contributed by atoms with Crippen molar-refractivity contribution in [2.75, 3.05) is 19.8 Å². The van der Waals surface area contributed by atoms with Gasteiger partial charge in [0.25, 0.3) is 0 Å². The number of halogens is 2. The molecule has 1 aromatic rings. The summed E-state index contributed by atoms with van der Waals surface area (Å²) in [6.45, 7) is 4.77. The molecule has 1 N–H and O–H groups in total. The first-order chi connectivity index (χ1) is 9.24. The summed E-state index contributed by atoms with van der Waals surface area (Å²) in [7, 11) is 0. The molecule has 106 valence electrons. The van der Waals surface area contributed by atoms with Gasteiger partial charge in [0.05, 0.1) is 6.61 Å². The van der Waals surface area contributed by atoms with Gasteiger partial charge in [-0.1, -0.05) is 36.2 Å². The Kier molecular flexibility index (Phi) is 5.96. The summed E-state index contributed by atoms with van der Waals surface area (Å²) in [5, 5.41) is 5.07. The van der Waals surface area contributed by atoms with Crippen LogP contribution in [-0.2, 0) is 4.74 Å². The normalized spacial score (nSPS) is 21.3. The van der Waals surface area contributed by atoms with Crippen molar-refractivity contribution in [1.29, 1.82) is 0 Å². The number of hydrogen-bond donors (Lipinski definition) is 1. The molecule has 1 aromatic carbocycles. The second kappa shape index (κ2) is 7.49. The Morgan fingerprint density at radius 1 is 1.37 bits per heavy atom. The average Bonchev–Trinajstić information content (AvgIpc) is 2.43. The van der Waals surface area contributed by atoms with Crippen molar-refractivity contribution in [2.24, 2.45) is 5.92 Å². The van der Waals surface area contributed by atoms with Gasteiger partial charge in [-0.25, -0.2) is 0 Å². The van der Waals surface area contributed by atoms with Crippen LogP contribution in [0.5, 0.6) is 0 Å². The molecule has 0 amide bonds. The highest BCUT2D eigenvalue weighted by molar-refractivity contribution is 6.36. The molecule has 0 bridgehead atoms. The fourth-order valence-electron chi connectivity index (χ4n) is 2.64. The molecule has 19 heavy (non-hydrogen) atoms. The largest absolute Gasteiger partial charge is 0.381 e. The minimum Gasteiger partial charge on any atom is -0.381 e. The number of ether oxygens (including phenoxy) is 1. The van der Waals surface area contributed by atoms with Crippen LogP contribution in [0.15, 0.2) is 18.2 Å². The summed E-state index contributed by atoms with van der Waals surface area (Å²) in [4.78, 5) is 0. The maximum Gasteiger partial charge on any atom is 0.0512 e. The van der Waals surface area contributed by atoms with Crippen molar-refractivity contribution >= 4 is 23.2 Å². The van der Waals surface area contributed by atoms with Crippen LogP contribution in [0.1, 0.15) is 37.8 Å². The topological polar surface area (TPSA) is 21.3 Å². The quantitative estimate of drug-likeness (QED) is 0.867. The van der Waals surface area contributed by atoms with Gasteiger partial charge in [0.2, 0.25) is 0 Å². The van der Waals surface area contributed by atoms with E-state index < -0.39 is 0 Å². The summed E-state index contributed by atoms with van der Waals surface area (Å²) in [6.07, 6.45) is 3.35. The molecule has 0 aromatic heterocycles. The van der Waals surface area contributed by atoms with Gasteiger partial charge < -0.3 is 10.1 Å². The predicted octanol–water partition coefficient (Wildman–Crippen LogP) is 4.46. The fraction of sp³-hybridized carbons (Fsp3) is 0.600. The molecule has 1 fully saturated rings. The highest BCUT2D eigenvalue weighted by Crippen LogP contribution is 2.37. The van der Waals surface area contributed by atoms with Gasteiger partial charge in [0.1, 0.15) is 0 Å². The molecule has 2 atom stereocenters. The summed E-state index contributed by atoms with van der Waals surface area (Å²) < 4.78 is 5.62. The van der Waals surface area contributed by atoms with E-state index in [9.17, 15) is 0 Å². The van der Waals surface area contributed by atoms with E-state index >= 15 is 0 Å². The van der Waals surface area contributed by atoms with Crippen LogP contribution < -0.4 is 5.32 Å². The number of benzene rings is 1. The first-order valence-electron chi connectivity index (χ1n) is 6.99. The molecule has 1 heterocycles. The van der Waals surface area contributed by atoms with Crippen LogP contribution >= 0.6 is 23.2 Å². The minimum atomic E-state index is 0.182. The Morgan fingerprint density at radius 2 is 2.11 bits per heavy atom. The average molecular weight is 302 g/mol. The van der Waals surface area contributed by atoms with Crippen LogP contribution in [0.3, 0.4) is 0 Å². The molecule has 0 aliphatic carbocycles. The Morgan fingerprint density at radius 3 is 2.68 bits per heavy atom. The summed E-state index contributed by atoms with van der Waals surface area (Å²) in [5.74, 6) is 0.442. The molecule has 1 aliphatic heterocycles. The molecule has 1 aliphatic rings. The second-order valence-corrected chi connectivity index (χ2v) is 5.86. The van der Waals surface area contributed by atoms with E-state index in [0.29, 0.717) is 5.92 Å². The third-order valence-electron chi connectivity index (χ3n) is 3.59. The molecule has 2 unspecified atom stereocenters. The SMILES string of the molecule is CCCNC(c1c(Cl)cccc1Cl)C1CCCOC1. The lowest BCUT2D eigenvalue weighted by atomic mass is 9.88. The predicted molar refractivity (Wildman–Crippen MR) is 81.0 cm³/mol. The first kappa shape index (κ1) is 15.1. The summed E-state index contributed by atoms with van der Waals surface area (Å²) in [5.41, 5.74) is 1.02. The number of rotatable bonds is 5. The molecule has 1 saturated heterocycles. The van der Waals surface area contributed by atoms with Crippen LogP contribution in [-0.4, -0.2) is 19.8 Å². The van der Waals surface area contributed by atoms with E-state index in [2.05, 4.69) is 12.2 Å². The zero-order chi connectivity index (χ0) is 13.7. The van der Waals surface area contributed by atoms with E-state index in [1.807, 2.05) is 18.2 Å². The van der Waals surface area contributed by atoms with Crippen molar-refractivity contribution in [3.63, 3.8) is 0 Å². The smallest absolute Gasteiger partial charge is 0.0512 e. The van der Waals surface area contributed by atoms with Gasteiger partial charge in [-0.15, -0.1) is 0 Å². The summed E-state index contributed by atoms with van der Waals surface area (Å²) >= 11 is 12.7. The third-order valence-corrected chi connectivity index (χ3v) is 4.25. The van der Waals surface area contributed by atoms with Crippen LogP contribution in [0.4, 0.5) is 0 Å². The molecule has 4 heteroatoms. The van der Waals surface area contributed by atoms with E-state index in [4.69, 9.17) is 27.9 Å². The highest BCUT2D eigenvalue weighted by atomic mass is 35.5. The van der Waals surface area contributed by atoms with Gasteiger partial charge in [0.15, 0.2) is 0 Å². The van der Waals surface area contributed by atoms with Crippen LogP contribution in [0.2, 0.25) is 10.0 Å². The Labute approximate surface area is 125 Å². The van der Waals surface area contributed by atoms with Gasteiger partial charge in [0, 0.05) is 34.2 Å². The first-order valence-corrected chi connectivity index (χ1v) is 7.74. The van der Waals surface area contributed by atoms with Gasteiger partial charge in [-0.2, -0.15) is 0 Å². The number of nitrogens with one attached hydrogen (secondary N) is 1. The highest BCUT2D eigenvalue weighted by Gasteiger charge is 2.28. The van der Waals surface area contributed by atoms with E-state index in [1.54, 1.807) is 0 Å².